The Bertz CT molecular complexity index is 962. The fourth-order valence-electron chi connectivity index (χ4n) is 2.54. The van der Waals surface area contributed by atoms with Gasteiger partial charge >= 0.3 is 0 Å². The largest absolute Gasteiger partial charge is 0.495 e. The van der Waals surface area contributed by atoms with Crippen LogP contribution >= 0.6 is 23.4 Å². The molecular weight excluding hydrogens is 412 g/mol. The molecule has 1 fully saturated rings. The number of ether oxygens (including phenoxy) is 1. The van der Waals surface area contributed by atoms with E-state index in [4.69, 9.17) is 16.3 Å². The summed E-state index contributed by atoms with van der Waals surface area (Å²) in [6, 6.07) is 14.2. The number of carbonyl (C=O) groups is 2. The van der Waals surface area contributed by atoms with Crippen molar-refractivity contribution >= 4 is 51.7 Å². The van der Waals surface area contributed by atoms with Gasteiger partial charge in [-0.3, -0.25) is 15.0 Å². The van der Waals surface area contributed by atoms with Gasteiger partial charge in [-0.2, -0.15) is 0 Å². The SMILES string of the molecule is C=C(N/N=C1\NC(=O)C[C@@H](C(=O)Nc2ccccc2OC)S1)c1ccc(Cl)cc1. The average Bonchev–Trinajstić information content (AvgIpc) is 2.72. The van der Waals surface area contributed by atoms with Crippen LogP contribution in [0.3, 0.4) is 0 Å². The standard InChI is InChI=1S/C20H19ClN4O3S/c1-12(13-7-9-14(21)10-8-13)24-25-20-23-18(26)11-17(29-20)19(27)22-15-5-3-4-6-16(15)28-2/h3-10,17,24H,1,11H2,2H3,(H,22,27)(H,23,25,26)/t17-/m0/s1. The van der Waals surface area contributed by atoms with Gasteiger partial charge in [-0.25, -0.2) is 0 Å². The number of carbonyl (C=O) groups excluding carboxylic acids is 2. The first-order chi connectivity index (χ1) is 14.0. The summed E-state index contributed by atoms with van der Waals surface area (Å²) in [4.78, 5) is 24.7. The van der Waals surface area contributed by atoms with Crippen LogP contribution in [0.1, 0.15) is 12.0 Å². The molecule has 2 amide bonds. The number of amides is 2. The Morgan fingerprint density at radius 3 is 2.72 bits per heavy atom. The van der Waals surface area contributed by atoms with Crippen LogP contribution in [0.2, 0.25) is 5.02 Å². The number of methoxy groups -OCH3 is 1. The van der Waals surface area contributed by atoms with E-state index in [9.17, 15) is 9.59 Å². The maximum absolute atomic E-state index is 12.6. The molecule has 0 aromatic heterocycles. The molecule has 0 spiro atoms. The van der Waals surface area contributed by atoms with Gasteiger partial charge in [0.2, 0.25) is 11.8 Å². The third kappa shape index (κ3) is 5.52. The average molecular weight is 431 g/mol. The lowest BCUT2D eigenvalue weighted by molar-refractivity contribution is -0.123. The lowest BCUT2D eigenvalue weighted by Crippen LogP contribution is -2.42. The third-order valence-corrected chi connectivity index (χ3v) is 5.35. The van der Waals surface area contributed by atoms with E-state index < -0.39 is 5.25 Å². The fourth-order valence-corrected chi connectivity index (χ4v) is 3.61. The number of nitrogens with zero attached hydrogens (tertiary/aromatic N) is 1. The minimum atomic E-state index is -0.627. The van der Waals surface area contributed by atoms with Crippen molar-refractivity contribution in [1.82, 2.24) is 10.7 Å². The van der Waals surface area contributed by atoms with Crippen molar-refractivity contribution in [3.8, 4) is 5.75 Å². The highest BCUT2D eigenvalue weighted by Crippen LogP contribution is 2.27. The van der Waals surface area contributed by atoms with Crippen molar-refractivity contribution in [2.45, 2.75) is 11.7 Å². The number of halogens is 1. The Kier molecular flexibility index (Phi) is 6.79. The topological polar surface area (TPSA) is 91.8 Å². The molecule has 0 radical (unpaired) electrons. The number of benzene rings is 2. The lowest BCUT2D eigenvalue weighted by atomic mass is 10.2. The monoisotopic (exact) mass is 430 g/mol. The maximum Gasteiger partial charge on any atom is 0.238 e. The number of hydrazone groups is 1. The summed E-state index contributed by atoms with van der Waals surface area (Å²) in [5.74, 6) is -0.0545. The number of hydrogen-bond donors (Lipinski definition) is 3. The first kappa shape index (κ1) is 20.8. The predicted molar refractivity (Wildman–Crippen MR) is 117 cm³/mol. The Labute approximate surface area is 177 Å². The smallest absolute Gasteiger partial charge is 0.238 e. The van der Waals surface area contributed by atoms with E-state index in [1.807, 2.05) is 0 Å². The Balaban J connectivity index is 1.65. The second kappa shape index (κ2) is 9.49. The summed E-state index contributed by atoms with van der Waals surface area (Å²) in [6.07, 6.45) is 0.0444. The van der Waals surface area contributed by atoms with Gasteiger partial charge < -0.3 is 15.4 Å². The second-order valence-corrected chi connectivity index (χ2v) is 7.69. The van der Waals surface area contributed by atoms with Gasteiger partial charge in [0.1, 0.15) is 11.0 Å². The molecule has 29 heavy (non-hydrogen) atoms. The molecule has 2 aromatic carbocycles. The first-order valence-corrected chi connectivity index (χ1v) is 9.91. The van der Waals surface area contributed by atoms with E-state index in [-0.39, 0.29) is 23.4 Å². The molecule has 7 nitrogen and oxygen atoms in total. The molecule has 0 bridgehead atoms. The highest BCUT2D eigenvalue weighted by Gasteiger charge is 2.30. The maximum atomic E-state index is 12.6. The lowest BCUT2D eigenvalue weighted by Gasteiger charge is -2.22. The summed E-state index contributed by atoms with van der Waals surface area (Å²) in [7, 11) is 1.53. The van der Waals surface area contributed by atoms with Gasteiger partial charge in [0.15, 0.2) is 5.17 Å². The molecule has 1 aliphatic heterocycles. The second-order valence-electron chi connectivity index (χ2n) is 6.06. The van der Waals surface area contributed by atoms with Gasteiger partial charge in [0.25, 0.3) is 0 Å². The first-order valence-electron chi connectivity index (χ1n) is 8.65. The zero-order chi connectivity index (χ0) is 20.8. The number of thioether (sulfide) groups is 1. The van der Waals surface area contributed by atoms with Crippen LogP contribution in [-0.2, 0) is 9.59 Å². The Morgan fingerprint density at radius 1 is 1.28 bits per heavy atom. The molecule has 0 aliphatic carbocycles. The van der Waals surface area contributed by atoms with Crippen LogP contribution in [0.25, 0.3) is 5.70 Å². The molecule has 3 rings (SSSR count). The predicted octanol–water partition coefficient (Wildman–Crippen LogP) is 3.44. The summed E-state index contributed by atoms with van der Waals surface area (Å²) in [5, 5.41) is 9.89. The van der Waals surface area contributed by atoms with Crippen LogP contribution in [0.4, 0.5) is 5.69 Å². The molecule has 2 aromatic rings. The molecule has 1 saturated heterocycles. The van der Waals surface area contributed by atoms with Crippen LogP contribution in [0.5, 0.6) is 5.75 Å². The van der Waals surface area contributed by atoms with Crippen LogP contribution in [0.15, 0.2) is 60.2 Å². The van der Waals surface area contributed by atoms with Gasteiger partial charge in [0.05, 0.1) is 18.5 Å². The van der Waals surface area contributed by atoms with E-state index >= 15 is 0 Å². The minimum absolute atomic E-state index is 0.0444. The Morgan fingerprint density at radius 2 is 2.00 bits per heavy atom. The molecule has 1 heterocycles. The molecule has 0 saturated carbocycles. The number of rotatable bonds is 6. The normalized spacial score (nSPS) is 17.4. The quantitative estimate of drug-likeness (QED) is 0.610. The molecule has 0 unspecified atom stereocenters. The van der Waals surface area contributed by atoms with E-state index in [0.717, 1.165) is 17.3 Å². The van der Waals surface area contributed by atoms with E-state index in [0.29, 0.717) is 22.2 Å². The number of nitrogens with one attached hydrogen (secondary N) is 3. The van der Waals surface area contributed by atoms with Crippen molar-refractivity contribution in [3.63, 3.8) is 0 Å². The number of amidine groups is 1. The van der Waals surface area contributed by atoms with Gasteiger partial charge in [-0.15, -0.1) is 5.10 Å². The number of anilines is 1. The number of hydrogen-bond acceptors (Lipinski definition) is 6. The molecule has 150 valence electrons. The summed E-state index contributed by atoms with van der Waals surface area (Å²) in [5.41, 5.74) is 4.67. The van der Waals surface area contributed by atoms with Crippen molar-refractivity contribution in [3.05, 3.63) is 65.7 Å². The van der Waals surface area contributed by atoms with Crippen molar-refractivity contribution in [2.24, 2.45) is 5.10 Å². The minimum Gasteiger partial charge on any atom is -0.495 e. The van der Waals surface area contributed by atoms with Crippen molar-refractivity contribution in [1.29, 1.82) is 0 Å². The molecule has 1 aliphatic rings. The van der Waals surface area contributed by atoms with E-state index in [1.165, 1.54) is 7.11 Å². The van der Waals surface area contributed by atoms with Gasteiger partial charge in [-0.05, 0) is 29.8 Å². The van der Waals surface area contributed by atoms with Crippen LogP contribution in [-0.4, -0.2) is 29.3 Å². The summed E-state index contributed by atoms with van der Waals surface area (Å²) in [6.45, 7) is 3.91. The molecule has 1 atom stereocenters. The molecule has 9 heteroatoms. The van der Waals surface area contributed by atoms with Crippen molar-refractivity contribution < 1.29 is 14.3 Å². The van der Waals surface area contributed by atoms with Crippen LogP contribution < -0.4 is 20.8 Å². The fraction of sp³-hybridized carbons (Fsp3) is 0.150. The highest BCUT2D eigenvalue weighted by molar-refractivity contribution is 8.15. The van der Waals surface area contributed by atoms with E-state index in [1.54, 1.807) is 48.5 Å². The zero-order valence-electron chi connectivity index (χ0n) is 15.6. The van der Waals surface area contributed by atoms with Crippen LogP contribution in [0, 0.1) is 0 Å². The zero-order valence-corrected chi connectivity index (χ0v) is 17.1. The highest BCUT2D eigenvalue weighted by atomic mass is 35.5. The van der Waals surface area contributed by atoms with Gasteiger partial charge in [-0.1, -0.05) is 54.2 Å². The number of para-hydroxylation sites is 2. The van der Waals surface area contributed by atoms with Gasteiger partial charge in [0, 0.05) is 11.4 Å². The van der Waals surface area contributed by atoms with E-state index in [2.05, 4.69) is 27.7 Å². The van der Waals surface area contributed by atoms with Crippen molar-refractivity contribution in [2.75, 3.05) is 12.4 Å². The molecular formula is C20H19ClN4O3S. The Hall–Kier alpha value is -2.97. The summed E-state index contributed by atoms with van der Waals surface area (Å²) >= 11 is 7.04. The summed E-state index contributed by atoms with van der Waals surface area (Å²) < 4.78 is 5.24. The molecule has 3 N–H and O–H groups in total. The third-order valence-electron chi connectivity index (χ3n) is 4.01.